The van der Waals surface area contributed by atoms with Crippen LogP contribution < -0.4 is 15.5 Å². The summed E-state index contributed by atoms with van der Waals surface area (Å²) in [5, 5.41) is 13.7. The Kier molecular flexibility index (Phi) is 8.57. The molecule has 3 N–H and O–H groups in total. The molecule has 0 aliphatic heterocycles. The smallest absolute Gasteiger partial charge is 0.238 e. The molecule has 0 aliphatic rings. The summed E-state index contributed by atoms with van der Waals surface area (Å²) in [5.74, 6) is -0.655. The summed E-state index contributed by atoms with van der Waals surface area (Å²) in [4.78, 5) is 25.4. The topological polar surface area (TPSA) is 113 Å². The first-order chi connectivity index (χ1) is 14.5. The van der Waals surface area contributed by atoms with Gasteiger partial charge in [-0.05, 0) is 30.2 Å². The number of carbonyl (C=O) groups is 1. The van der Waals surface area contributed by atoms with Crippen molar-refractivity contribution in [2.45, 2.75) is 65.6 Å². The van der Waals surface area contributed by atoms with Gasteiger partial charge < -0.3 is 10.4 Å². The van der Waals surface area contributed by atoms with E-state index >= 15 is 0 Å². The standard InChI is InChI=1S/C23H34N2O5S/c1-6-12-31(29,30)25-17(13-14(2)3)23(28)24-20(15(4)5)22(27)19-18(21(19)26)16-10-8-7-9-11-16/h7-11,14-15,17,20,22,25,27H,6,12-13H2,1-5H3,(H,24,28)/t17-,20-,22-/m0/s1. The molecule has 0 aliphatic carbocycles. The van der Waals surface area contributed by atoms with Gasteiger partial charge >= 0.3 is 0 Å². The van der Waals surface area contributed by atoms with Crippen LogP contribution in [0.3, 0.4) is 0 Å². The highest BCUT2D eigenvalue weighted by Gasteiger charge is 2.37. The summed E-state index contributed by atoms with van der Waals surface area (Å²) in [6.07, 6.45) is -0.400. The van der Waals surface area contributed by atoms with Gasteiger partial charge in [0, 0.05) is 11.1 Å². The van der Waals surface area contributed by atoms with Crippen LogP contribution in [0.5, 0.6) is 0 Å². The Morgan fingerprint density at radius 2 is 1.71 bits per heavy atom. The van der Waals surface area contributed by atoms with Gasteiger partial charge in [0.2, 0.25) is 15.9 Å². The molecule has 7 nitrogen and oxygen atoms in total. The summed E-state index contributed by atoms with van der Waals surface area (Å²) in [6.45, 7) is 9.24. The molecule has 8 heteroatoms. The van der Waals surface area contributed by atoms with E-state index in [0.717, 1.165) is 5.56 Å². The largest absolute Gasteiger partial charge is 0.386 e. The fourth-order valence-electron chi connectivity index (χ4n) is 3.64. The first-order valence-electron chi connectivity index (χ1n) is 10.8. The van der Waals surface area contributed by atoms with Gasteiger partial charge in [-0.15, -0.1) is 0 Å². The van der Waals surface area contributed by atoms with Crippen LogP contribution in [0.2, 0.25) is 0 Å². The van der Waals surface area contributed by atoms with E-state index in [0.29, 0.717) is 24.0 Å². The maximum absolute atomic E-state index is 13.0. The molecule has 2 aromatic carbocycles. The minimum Gasteiger partial charge on any atom is -0.386 e. The molecule has 31 heavy (non-hydrogen) atoms. The summed E-state index contributed by atoms with van der Waals surface area (Å²) in [7, 11) is -3.59. The van der Waals surface area contributed by atoms with E-state index in [9.17, 15) is 23.1 Å². The molecule has 0 heterocycles. The van der Waals surface area contributed by atoms with Gasteiger partial charge in [0.15, 0.2) is 5.43 Å². The van der Waals surface area contributed by atoms with Gasteiger partial charge in [-0.3, -0.25) is 9.59 Å². The Morgan fingerprint density at radius 3 is 2.23 bits per heavy atom. The summed E-state index contributed by atoms with van der Waals surface area (Å²) >= 11 is 0. The van der Waals surface area contributed by atoms with Crippen LogP contribution in [0.15, 0.2) is 35.1 Å². The number of rotatable bonds is 12. The lowest BCUT2D eigenvalue weighted by Gasteiger charge is -2.29. The number of hydrogen-bond donors (Lipinski definition) is 3. The Hall–Kier alpha value is -2.03. The average molecular weight is 451 g/mol. The maximum Gasteiger partial charge on any atom is 0.238 e. The second kappa shape index (κ2) is 10.5. The predicted octanol–water partition coefficient (Wildman–Crippen LogP) is 2.51. The first kappa shape index (κ1) is 25.2. The number of hydrogen-bond acceptors (Lipinski definition) is 5. The lowest BCUT2D eigenvalue weighted by Crippen LogP contribution is -2.53. The van der Waals surface area contributed by atoms with E-state index in [1.807, 2.05) is 45.9 Å². The third-order valence-corrected chi connectivity index (χ3v) is 6.81. The zero-order valence-electron chi connectivity index (χ0n) is 18.9. The second-order valence-electron chi connectivity index (χ2n) is 8.83. The van der Waals surface area contributed by atoms with Crippen LogP contribution in [0, 0.1) is 11.8 Å². The molecule has 0 fully saturated rings. The Labute approximate surface area is 185 Å². The van der Waals surface area contributed by atoms with Crippen molar-refractivity contribution in [1.82, 2.24) is 10.0 Å². The average Bonchev–Trinajstić information content (AvgIpc) is 3.35. The van der Waals surface area contributed by atoms with Gasteiger partial charge in [0.1, 0.15) is 12.1 Å². The number of amides is 1. The van der Waals surface area contributed by atoms with Gasteiger partial charge in [0.05, 0.1) is 11.8 Å². The van der Waals surface area contributed by atoms with Crippen LogP contribution in [-0.4, -0.2) is 37.3 Å². The predicted molar refractivity (Wildman–Crippen MR) is 123 cm³/mol. The summed E-state index contributed by atoms with van der Waals surface area (Å²) in [6, 6.07) is 7.42. The maximum atomic E-state index is 13.0. The third kappa shape index (κ3) is 6.72. The quantitative estimate of drug-likeness (QED) is 0.460. The van der Waals surface area contributed by atoms with E-state index in [1.54, 1.807) is 19.1 Å². The Morgan fingerprint density at radius 1 is 1.10 bits per heavy atom. The number of nitrogens with one attached hydrogen (secondary N) is 2. The van der Waals surface area contributed by atoms with Crippen molar-refractivity contribution in [3.05, 3.63) is 46.1 Å². The van der Waals surface area contributed by atoms with E-state index in [-0.39, 0.29) is 23.0 Å². The van der Waals surface area contributed by atoms with Crippen molar-refractivity contribution < 1.29 is 18.3 Å². The van der Waals surface area contributed by atoms with E-state index in [2.05, 4.69) is 10.0 Å². The summed E-state index contributed by atoms with van der Waals surface area (Å²) in [5.41, 5.74) is 1.31. The molecule has 0 bridgehead atoms. The fourth-order valence-corrected chi connectivity index (χ4v) is 4.93. The molecule has 2 aromatic rings. The van der Waals surface area contributed by atoms with Gasteiger partial charge in [-0.1, -0.05) is 65.0 Å². The van der Waals surface area contributed by atoms with Crippen LogP contribution in [0.4, 0.5) is 0 Å². The minimum atomic E-state index is -3.59. The highest BCUT2D eigenvalue weighted by molar-refractivity contribution is 7.89. The van der Waals surface area contributed by atoms with E-state index in [1.165, 1.54) is 0 Å². The highest BCUT2D eigenvalue weighted by atomic mass is 32.2. The summed E-state index contributed by atoms with van der Waals surface area (Å²) < 4.78 is 27.0. The molecule has 2 rings (SSSR count). The number of carbonyl (C=O) groups excluding carboxylic acids is 1. The third-order valence-electron chi connectivity index (χ3n) is 5.22. The molecule has 0 radical (unpaired) electrons. The number of aliphatic hydroxyl groups excluding tert-OH is 1. The van der Waals surface area contributed by atoms with Gasteiger partial charge in [-0.2, -0.15) is 0 Å². The van der Waals surface area contributed by atoms with E-state index < -0.39 is 34.1 Å². The number of benzene rings is 1. The van der Waals surface area contributed by atoms with Crippen molar-refractivity contribution >= 4 is 15.9 Å². The van der Waals surface area contributed by atoms with Gasteiger partial charge in [-0.25, -0.2) is 13.1 Å². The number of aliphatic hydroxyl groups is 1. The van der Waals surface area contributed by atoms with Crippen molar-refractivity contribution in [3.63, 3.8) is 0 Å². The molecule has 0 saturated carbocycles. The SMILES string of the molecule is CCCS(=O)(=O)N[C@@H](CC(C)C)C(=O)N[C@@H](C(C)C)[C@@H](O)c1c(-c2ccccc2)c1=O. The van der Waals surface area contributed by atoms with Crippen LogP contribution in [-0.2, 0) is 14.8 Å². The Balaban J connectivity index is 2.21. The molecule has 0 unspecified atom stereocenters. The van der Waals surface area contributed by atoms with Crippen molar-refractivity contribution in [3.8, 4) is 11.1 Å². The first-order valence-corrected chi connectivity index (χ1v) is 12.5. The van der Waals surface area contributed by atoms with Crippen LogP contribution in [0.25, 0.3) is 11.1 Å². The van der Waals surface area contributed by atoms with Gasteiger partial charge in [0.25, 0.3) is 0 Å². The van der Waals surface area contributed by atoms with E-state index in [4.69, 9.17) is 0 Å². The highest BCUT2D eigenvalue weighted by Crippen LogP contribution is 2.33. The zero-order valence-corrected chi connectivity index (χ0v) is 19.7. The molecule has 0 spiro atoms. The molecule has 3 atom stereocenters. The van der Waals surface area contributed by atoms with Crippen LogP contribution >= 0.6 is 0 Å². The minimum absolute atomic E-state index is 0.0626. The zero-order chi connectivity index (χ0) is 23.3. The Bertz CT molecular complexity index is 975. The van der Waals surface area contributed by atoms with Crippen molar-refractivity contribution in [2.24, 2.45) is 11.8 Å². The lowest BCUT2D eigenvalue weighted by molar-refractivity contribution is -0.125. The number of sulfonamides is 1. The second-order valence-corrected chi connectivity index (χ2v) is 10.7. The van der Waals surface area contributed by atoms with Crippen molar-refractivity contribution in [2.75, 3.05) is 5.75 Å². The fraction of sp³-hybridized carbons (Fsp3) is 0.565. The normalized spacial score (nSPS) is 15.4. The monoisotopic (exact) mass is 450 g/mol. The molecule has 1 amide bonds. The lowest BCUT2D eigenvalue weighted by atomic mass is 9.95. The molecular weight excluding hydrogens is 416 g/mol. The molecule has 0 aromatic heterocycles. The van der Waals surface area contributed by atoms with Crippen molar-refractivity contribution in [1.29, 1.82) is 0 Å². The van der Waals surface area contributed by atoms with Crippen LogP contribution in [0.1, 0.15) is 59.1 Å². The molecule has 172 valence electrons. The molecular formula is C23H34N2O5S. The molecule has 0 saturated heterocycles.